The van der Waals surface area contributed by atoms with Crippen LogP contribution in [0.3, 0.4) is 0 Å². The molecule has 0 fully saturated rings. The second-order valence-electron chi connectivity index (χ2n) is 4.98. The fourth-order valence-corrected chi connectivity index (χ4v) is 2.83. The molecule has 0 saturated heterocycles. The highest BCUT2D eigenvalue weighted by Gasteiger charge is 2.11. The summed E-state index contributed by atoms with van der Waals surface area (Å²) in [5.74, 6) is 0.289. The zero-order chi connectivity index (χ0) is 17.7. The predicted molar refractivity (Wildman–Crippen MR) is 95.5 cm³/mol. The second-order valence-corrected chi connectivity index (χ2v) is 7.14. The molecule has 0 aliphatic carbocycles. The van der Waals surface area contributed by atoms with Crippen LogP contribution in [0.4, 0.5) is 11.4 Å². The smallest absolute Gasteiger partial charge is 0.255 e. The van der Waals surface area contributed by atoms with E-state index in [1.54, 1.807) is 24.3 Å². The van der Waals surface area contributed by atoms with E-state index in [0.717, 1.165) is 6.26 Å². The molecular formula is C16H17ClN2O4S. The van der Waals surface area contributed by atoms with Crippen LogP contribution in [0.15, 0.2) is 42.5 Å². The van der Waals surface area contributed by atoms with Crippen molar-refractivity contribution >= 4 is 38.9 Å². The Bertz CT molecular complexity index is 853. The fourth-order valence-electron chi connectivity index (χ4n) is 1.97. The normalized spacial score (nSPS) is 11.0. The summed E-state index contributed by atoms with van der Waals surface area (Å²) in [6.45, 7) is 2.40. The number of carbonyl (C=O) groups is 1. The van der Waals surface area contributed by atoms with E-state index in [-0.39, 0.29) is 16.6 Å². The van der Waals surface area contributed by atoms with E-state index >= 15 is 0 Å². The summed E-state index contributed by atoms with van der Waals surface area (Å²) in [5, 5.41) is 2.87. The number of carbonyl (C=O) groups excluding carboxylic acids is 1. The van der Waals surface area contributed by atoms with Gasteiger partial charge in [0.15, 0.2) is 0 Å². The van der Waals surface area contributed by atoms with E-state index in [2.05, 4.69) is 10.0 Å². The van der Waals surface area contributed by atoms with Gasteiger partial charge in [-0.2, -0.15) is 0 Å². The maximum Gasteiger partial charge on any atom is 0.255 e. The van der Waals surface area contributed by atoms with Gasteiger partial charge in [-0.3, -0.25) is 9.52 Å². The van der Waals surface area contributed by atoms with Crippen LogP contribution in [0.25, 0.3) is 0 Å². The Morgan fingerprint density at radius 1 is 1.21 bits per heavy atom. The quantitative estimate of drug-likeness (QED) is 0.818. The van der Waals surface area contributed by atoms with Crippen LogP contribution >= 0.6 is 11.6 Å². The van der Waals surface area contributed by atoms with Crippen molar-refractivity contribution in [3.8, 4) is 5.75 Å². The van der Waals surface area contributed by atoms with Crippen molar-refractivity contribution in [2.45, 2.75) is 6.92 Å². The van der Waals surface area contributed by atoms with Gasteiger partial charge in [0.1, 0.15) is 5.75 Å². The first kappa shape index (κ1) is 18.1. The maximum atomic E-state index is 12.3. The summed E-state index contributed by atoms with van der Waals surface area (Å²) >= 11 is 6.02. The molecule has 2 aromatic rings. The molecule has 8 heteroatoms. The van der Waals surface area contributed by atoms with Crippen molar-refractivity contribution in [3.05, 3.63) is 53.1 Å². The molecule has 24 heavy (non-hydrogen) atoms. The summed E-state index contributed by atoms with van der Waals surface area (Å²) in [4.78, 5) is 12.3. The largest absolute Gasteiger partial charge is 0.494 e. The SMILES string of the molecule is CCOc1cccc(NC(=O)c2ccc(NS(C)(=O)=O)c(Cl)c2)c1. The zero-order valence-electron chi connectivity index (χ0n) is 13.2. The Kier molecular flexibility index (Phi) is 5.69. The van der Waals surface area contributed by atoms with Crippen LogP contribution in [-0.4, -0.2) is 27.2 Å². The Labute approximate surface area is 145 Å². The molecule has 0 saturated carbocycles. The lowest BCUT2D eigenvalue weighted by atomic mass is 10.2. The van der Waals surface area contributed by atoms with Gasteiger partial charge >= 0.3 is 0 Å². The summed E-state index contributed by atoms with van der Waals surface area (Å²) in [6.07, 6.45) is 1.02. The average molecular weight is 369 g/mol. The number of rotatable bonds is 6. The van der Waals surface area contributed by atoms with Gasteiger partial charge in [0.2, 0.25) is 10.0 Å². The standard InChI is InChI=1S/C16H17ClN2O4S/c1-3-23-13-6-4-5-12(10-13)18-16(20)11-7-8-15(14(17)9-11)19-24(2,21)22/h4-10,19H,3H2,1-2H3,(H,18,20). The minimum Gasteiger partial charge on any atom is -0.494 e. The molecule has 6 nitrogen and oxygen atoms in total. The van der Waals surface area contributed by atoms with Gasteiger partial charge in [0.25, 0.3) is 5.91 Å². The third-order valence-electron chi connectivity index (χ3n) is 2.93. The third-order valence-corrected chi connectivity index (χ3v) is 3.83. The molecule has 128 valence electrons. The fraction of sp³-hybridized carbons (Fsp3) is 0.188. The van der Waals surface area contributed by atoms with Crippen LogP contribution in [-0.2, 0) is 10.0 Å². The average Bonchev–Trinajstić information content (AvgIpc) is 2.48. The molecule has 2 N–H and O–H groups in total. The Morgan fingerprint density at radius 3 is 2.58 bits per heavy atom. The van der Waals surface area contributed by atoms with E-state index < -0.39 is 10.0 Å². The molecule has 0 spiro atoms. The number of amides is 1. The molecule has 0 aliphatic heterocycles. The number of halogens is 1. The molecular weight excluding hydrogens is 352 g/mol. The molecule has 0 aromatic heterocycles. The third kappa shape index (κ3) is 5.14. The summed E-state index contributed by atoms with van der Waals surface area (Å²) < 4.78 is 30.1. The lowest BCUT2D eigenvalue weighted by Crippen LogP contribution is -2.13. The Balaban J connectivity index is 2.15. The first-order valence-corrected chi connectivity index (χ1v) is 9.37. The monoisotopic (exact) mass is 368 g/mol. The van der Waals surface area contributed by atoms with Crippen molar-refractivity contribution in [1.29, 1.82) is 0 Å². The van der Waals surface area contributed by atoms with Crippen LogP contribution in [0.1, 0.15) is 17.3 Å². The van der Waals surface area contributed by atoms with E-state index in [0.29, 0.717) is 23.6 Å². The summed E-state index contributed by atoms with van der Waals surface area (Å²) in [7, 11) is -3.44. The number of hydrogen-bond donors (Lipinski definition) is 2. The van der Waals surface area contributed by atoms with Gasteiger partial charge in [-0.15, -0.1) is 0 Å². The van der Waals surface area contributed by atoms with Gasteiger partial charge in [-0.1, -0.05) is 17.7 Å². The van der Waals surface area contributed by atoms with Gasteiger partial charge in [-0.25, -0.2) is 8.42 Å². The van der Waals surface area contributed by atoms with E-state index in [9.17, 15) is 13.2 Å². The van der Waals surface area contributed by atoms with Crippen LogP contribution in [0, 0.1) is 0 Å². The molecule has 0 heterocycles. The van der Waals surface area contributed by atoms with E-state index in [4.69, 9.17) is 16.3 Å². The minimum atomic E-state index is -3.44. The van der Waals surface area contributed by atoms with Crippen LogP contribution in [0.5, 0.6) is 5.75 Å². The molecule has 0 bridgehead atoms. The second kappa shape index (κ2) is 7.55. The van der Waals surface area contributed by atoms with Crippen molar-refractivity contribution in [1.82, 2.24) is 0 Å². The van der Waals surface area contributed by atoms with Gasteiger partial charge in [0.05, 0.1) is 23.6 Å². The van der Waals surface area contributed by atoms with Crippen LogP contribution in [0.2, 0.25) is 5.02 Å². The molecule has 2 rings (SSSR count). The van der Waals surface area contributed by atoms with Crippen molar-refractivity contribution in [2.75, 3.05) is 22.9 Å². The molecule has 0 radical (unpaired) electrons. The number of benzene rings is 2. The Hall–Kier alpha value is -2.25. The van der Waals surface area contributed by atoms with Gasteiger partial charge < -0.3 is 10.1 Å². The number of ether oxygens (including phenoxy) is 1. The molecule has 2 aromatic carbocycles. The number of hydrogen-bond acceptors (Lipinski definition) is 4. The maximum absolute atomic E-state index is 12.3. The van der Waals surface area contributed by atoms with E-state index in [1.165, 1.54) is 18.2 Å². The zero-order valence-corrected chi connectivity index (χ0v) is 14.7. The first-order valence-electron chi connectivity index (χ1n) is 7.10. The topological polar surface area (TPSA) is 84.5 Å². The highest BCUT2D eigenvalue weighted by molar-refractivity contribution is 7.92. The van der Waals surface area contributed by atoms with Gasteiger partial charge in [0, 0.05) is 17.3 Å². The van der Waals surface area contributed by atoms with Crippen molar-refractivity contribution < 1.29 is 17.9 Å². The molecule has 0 aliphatic rings. The molecule has 1 amide bonds. The molecule has 0 atom stereocenters. The van der Waals surface area contributed by atoms with Crippen molar-refractivity contribution in [3.63, 3.8) is 0 Å². The number of sulfonamides is 1. The molecule has 0 unspecified atom stereocenters. The lowest BCUT2D eigenvalue weighted by Gasteiger charge is -2.10. The summed E-state index contributed by atoms with van der Waals surface area (Å²) in [5.41, 5.74) is 1.11. The Morgan fingerprint density at radius 2 is 1.96 bits per heavy atom. The van der Waals surface area contributed by atoms with Gasteiger partial charge in [-0.05, 0) is 37.3 Å². The summed E-state index contributed by atoms with van der Waals surface area (Å²) in [6, 6.07) is 11.3. The number of anilines is 2. The van der Waals surface area contributed by atoms with Crippen molar-refractivity contribution in [2.24, 2.45) is 0 Å². The van der Waals surface area contributed by atoms with E-state index in [1.807, 2.05) is 6.92 Å². The number of nitrogens with one attached hydrogen (secondary N) is 2. The van der Waals surface area contributed by atoms with Crippen LogP contribution < -0.4 is 14.8 Å². The lowest BCUT2D eigenvalue weighted by molar-refractivity contribution is 0.102. The highest BCUT2D eigenvalue weighted by atomic mass is 35.5. The minimum absolute atomic E-state index is 0.135. The predicted octanol–water partition coefficient (Wildman–Crippen LogP) is 3.36. The highest BCUT2D eigenvalue weighted by Crippen LogP contribution is 2.25. The first-order chi connectivity index (χ1) is 11.3.